The van der Waals surface area contributed by atoms with Crippen molar-refractivity contribution in [1.82, 2.24) is 15.1 Å². The number of amides is 3. The van der Waals surface area contributed by atoms with E-state index in [1.165, 1.54) is 6.92 Å². The van der Waals surface area contributed by atoms with Crippen molar-refractivity contribution in [3.8, 4) is 0 Å². The maximum absolute atomic E-state index is 12.4. The van der Waals surface area contributed by atoms with Gasteiger partial charge in [-0.3, -0.25) is 9.59 Å². The summed E-state index contributed by atoms with van der Waals surface area (Å²) in [6, 6.07) is -0.510. The highest BCUT2D eigenvalue weighted by Crippen LogP contribution is 2.14. The number of rotatable bonds is 5. The highest BCUT2D eigenvalue weighted by molar-refractivity contribution is 5.77. The largest absolute Gasteiger partial charge is 0.481 e. The van der Waals surface area contributed by atoms with Crippen LogP contribution >= 0.6 is 0 Å². The van der Waals surface area contributed by atoms with Gasteiger partial charge in [-0.2, -0.15) is 0 Å². The SMILES string of the molecule is CCN(C(=O)N1CCC(NC(C)=O)C1)C(C)CC(=O)O. The third kappa shape index (κ3) is 4.40. The molecule has 1 saturated heterocycles. The number of hydrogen-bond acceptors (Lipinski definition) is 3. The first-order valence-electron chi connectivity index (χ1n) is 6.89. The molecule has 1 heterocycles. The second-order valence-corrected chi connectivity index (χ2v) is 5.15. The lowest BCUT2D eigenvalue weighted by molar-refractivity contribution is -0.138. The molecule has 1 aliphatic rings. The number of nitrogens with zero attached hydrogens (tertiary/aromatic N) is 2. The lowest BCUT2D eigenvalue weighted by Gasteiger charge is -2.31. The van der Waals surface area contributed by atoms with Crippen molar-refractivity contribution in [2.75, 3.05) is 19.6 Å². The van der Waals surface area contributed by atoms with Crippen LogP contribution in [0.1, 0.15) is 33.6 Å². The number of carboxylic acids is 1. The Bertz CT molecular complexity index is 386. The van der Waals surface area contributed by atoms with E-state index in [1.54, 1.807) is 16.7 Å². The normalized spacial score (nSPS) is 19.6. The van der Waals surface area contributed by atoms with E-state index >= 15 is 0 Å². The van der Waals surface area contributed by atoms with Gasteiger partial charge in [-0.25, -0.2) is 4.79 Å². The van der Waals surface area contributed by atoms with E-state index in [2.05, 4.69) is 5.32 Å². The zero-order valence-corrected chi connectivity index (χ0v) is 12.3. The Morgan fingerprint density at radius 1 is 1.45 bits per heavy atom. The summed E-state index contributed by atoms with van der Waals surface area (Å²) in [6.45, 7) is 6.55. The zero-order chi connectivity index (χ0) is 15.3. The van der Waals surface area contributed by atoms with Gasteiger partial charge in [0.05, 0.1) is 6.42 Å². The van der Waals surface area contributed by atoms with Gasteiger partial charge in [-0.05, 0) is 20.3 Å². The van der Waals surface area contributed by atoms with Gasteiger partial charge in [-0.1, -0.05) is 0 Å². The van der Waals surface area contributed by atoms with Crippen LogP contribution in [0.25, 0.3) is 0 Å². The lowest BCUT2D eigenvalue weighted by atomic mass is 10.2. The Hall–Kier alpha value is -1.79. The van der Waals surface area contributed by atoms with Gasteiger partial charge >= 0.3 is 12.0 Å². The van der Waals surface area contributed by atoms with Crippen LogP contribution in [0.15, 0.2) is 0 Å². The van der Waals surface area contributed by atoms with E-state index in [0.717, 1.165) is 6.42 Å². The molecule has 0 aliphatic carbocycles. The summed E-state index contributed by atoms with van der Waals surface area (Å²) in [5.74, 6) is -1.02. The minimum atomic E-state index is -0.915. The van der Waals surface area contributed by atoms with Gasteiger partial charge in [-0.15, -0.1) is 0 Å². The van der Waals surface area contributed by atoms with E-state index < -0.39 is 5.97 Å². The predicted molar refractivity (Wildman–Crippen MR) is 73.3 cm³/mol. The quantitative estimate of drug-likeness (QED) is 0.769. The van der Waals surface area contributed by atoms with Crippen molar-refractivity contribution in [2.45, 2.75) is 45.7 Å². The molecule has 20 heavy (non-hydrogen) atoms. The molecule has 1 fully saturated rings. The van der Waals surface area contributed by atoms with Gasteiger partial charge < -0.3 is 20.2 Å². The standard InChI is InChI=1S/C13H23N3O4/c1-4-16(9(2)7-12(18)19)13(20)15-6-5-11(8-15)14-10(3)17/h9,11H,4-8H2,1-3H3,(H,14,17)(H,18,19). The molecule has 0 aromatic rings. The Morgan fingerprint density at radius 3 is 2.60 bits per heavy atom. The fourth-order valence-electron chi connectivity index (χ4n) is 2.52. The summed E-state index contributed by atoms with van der Waals surface area (Å²) >= 11 is 0. The fraction of sp³-hybridized carbons (Fsp3) is 0.769. The van der Waals surface area contributed by atoms with Crippen molar-refractivity contribution >= 4 is 17.9 Å². The van der Waals surface area contributed by atoms with Crippen LogP contribution in [0.2, 0.25) is 0 Å². The summed E-state index contributed by atoms with van der Waals surface area (Å²) in [6.07, 6.45) is 0.665. The Balaban J connectivity index is 2.59. The highest BCUT2D eigenvalue weighted by Gasteiger charge is 2.31. The monoisotopic (exact) mass is 285 g/mol. The van der Waals surface area contributed by atoms with Crippen molar-refractivity contribution in [2.24, 2.45) is 0 Å². The topological polar surface area (TPSA) is 90.0 Å². The van der Waals surface area contributed by atoms with E-state index in [9.17, 15) is 14.4 Å². The summed E-state index contributed by atoms with van der Waals surface area (Å²) in [5, 5.41) is 11.6. The summed E-state index contributed by atoms with van der Waals surface area (Å²) in [4.78, 5) is 37.4. The average Bonchev–Trinajstić information content (AvgIpc) is 2.76. The Labute approximate surface area is 118 Å². The van der Waals surface area contributed by atoms with Crippen LogP contribution in [-0.4, -0.2) is 64.5 Å². The number of carbonyl (C=O) groups excluding carboxylic acids is 2. The molecular formula is C13H23N3O4. The number of hydrogen-bond donors (Lipinski definition) is 2. The molecule has 7 heteroatoms. The first-order valence-corrected chi connectivity index (χ1v) is 6.89. The van der Waals surface area contributed by atoms with Crippen molar-refractivity contribution in [3.05, 3.63) is 0 Å². The summed E-state index contributed by atoms with van der Waals surface area (Å²) < 4.78 is 0. The minimum absolute atomic E-state index is 0.00932. The van der Waals surface area contributed by atoms with Crippen LogP contribution in [0, 0.1) is 0 Å². The van der Waals surface area contributed by atoms with E-state index in [1.807, 2.05) is 6.92 Å². The molecule has 7 nitrogen and oxygen atoms in total. The van der Waals surface area contributed by atoms with Gasteiger partial charge in [0.15, 0.2) is 0 Å². The summed E-state index contributed by atoms with van der Waals surface area (Å²) in [7, 11) is 0. The molecular weight excluding hydrogens is 262 g/mol. The second kappa shape index (κ2) is 7.12. The van der Waals surface area contributed by atoms with E-state index in [0.29, 0.717) is 19.6 Å². The minimum Gasteiger partial charge on any atom is -0.481 e. The van der Waals surface area contributed by atoms with Crippen molar-refractivity contribution in [1.29, 1.82) is 0 Å². The van der Waals surface area contributed by atoms with Crippen LogP contribution in [0.4, 0.5) is 4.79 Å². The third-order valence-corrected chi connectivity index (χ3v) is 3.45. The number of likely N-dealkylation sites (tertiary alicyclic amines) is 1. The van der Waals surface area contributed by atoms with Crippen LogP contribution in [0.3, 0.4) is 0 Å². The van der Waals surface area contributed by atoms with Crippen LogP contribution in [-0.2, 0) is 9.59 Å². The molecule has 0 spiro atoms. The molecule has 1 aliphatic heterocycles. The van der Waals surface area contributed by atoms with Crippen LogP contribution in [0.5, 0.6) is 0 Å². The molecule has 2 atom stereocenters. The van der Waals surface area contributed by atoms with Gasteiger partial charge in [0.1, 0.15) is 0 Å². The van der Waals surface area contributed by atoms with Crippen LogP contribution < -0.4 is 5.32 Å². The Kier molecular flexibility index (Phi) is 5.79. The molecule has 1 rings (SSSR count). The van der Waals surface area contributed by atoms with Gasteiger partial charge in [0, 0.05) is 38.6 Å². The second-order valence-electron chi connectivity index (χ2n) is 5.15. The maximum atomic E-state index is 12.4. The lowest BCUT2D eigenvalue weighted by Crippen LogP contribution is -2.48. The molecule has 2 N–H and O–H groups in total. The number of aliphatic carboxylic acids is 1. The van der Waals surface area contributed by atoms with E-state index in [-0.39, 0.29) is 30.4 Å². The van der Waals surface area contributed by atoms with Gasteiger partial charge in [0.25, 0.3) is 0 Å². The molecule has 3 amide bonds. The Morgan fingerprint density at radius 2 is 2.10 bits per heavy atom. The zero-order valence-electron chi connectivity index (χ0n) is 12.3. The van der Waals surface area contributed by atoms with E-state index in [4.69, 9.17) is 5.11 Å². The number of carboxylic acid groups (broad SMARTS) is 1. The first-order chi connectivity index (χ1) is 9.35. The molecule has 2 unspecified atom stereocenters. The average molecular weight is 285 g/mol. The smallest absolute Gasteiger partial charge is 0.320 e. The maximum Gasteiger partial charge on any atom is 0.320 e. The first kappa shape index (κ1) is 16.3. The molecule has 0 bridgehead atoms. The fourth-order valence-corrected chi connectivity index (χ4v) is 2.52. The van der Waals surface area contributed by atoms with Crippen molar-refractivity contribution in [3.63, 3.8) is 0 Å². The molecule has 0 radical (unpaired) electrons. The number of nitrogens with one attached hydrogen (secondary N) is 1. The van der Waals surface area contributed by atoms with Gasteiger partial charge in [0.2, 0.25) is 5.91 Å². The molecule has 114 valence electrons. The summed E-state index contributed by atoms with van der Waals surface area (Å²) in [5.41, 5.74) is 0. The predicted octanol–water partition coefficient (Wildman–Crippen LogP) is 0.502. The molecule has 0 aromatic carbocycles. The highest BCUT2D eigenvalue weighted by atomic mass is 16.4. The number of carbonyl (C=O) groups is 3. The molecule has 0 saturated carbocycles. The van der Waals surface area contributed by atoms with Crippen molar-refractivity contribution < 1.29 is 19.5 Å². The molecule has 0 aromatic heterocycles. The third-order valence-electron chi connectivity index (χ3n) is 3.45. The number of urea groups is 1.